The maximum Gasteiger partial charge on any atom is 0.157 e. The quantitative estimate of drug-likeness (QED) is 0.631. The Bertz CT molecular complexity index is 824. The first-order chi connectivity index (χ1) is 11.6. The highest BCUT2D eigenvalue weighted by Crippen LogP contribution is 2.36. The van der Waals surface area contributed by atoms with Crippen LogP contribution in [0.1, 0.15) is 11.4 Å². The van der Waals surface area contributed by atoms with Gasteiger partial charge >= 0.3 is 0 Å². The number of benzene rings is 2. The van der Waals surface area contributed by atoms with E-state index in [9.17, 15) is 5.11 Å². The molecule has 0 aliphatic heterocycles. The number of halogens is 3. The lowest BCUT2D eigenvalue weighted by atomic mass is 10.3. The van der Waals surface area contributed by atoms with E-state index in [1.807, 2.05) is 47.0 Å². The van der Waals surface area contributed by atoms with Crippen molar-refractivity contribution in [3.8, 4) is 11.4 Å². The second-order valence-corrected chi connectivity index (χ2v) is 6.38. The number of hydrogen-bond donors (Lipinski definition) is 1. The van der Waals surface area contributed by atoms with Gasteiger partial charge in [-0.2, -0.15) is 0 Å². The molecule has 0 saturated carbocycles. The minimum atomic E-state index is -0.0721. The lowest BCUT2D eigenvalue weighted by Gasteiger charge is -2.15. The SMILES string of the molecule is OCc1ccc(COc2c(Cl)cc(Cl)cc2Cl)n1-c1ccccc1. The molecule has 3 aromatic rings. The fraction of sp³-hybridized carbons (Fsp3) is 0.111. The molecule has 0 saturated heterocycles. The Labute approximate surface area is 155 Å². The summed E-state index contributed by atoms with van der Waals surface area (Å²) in [5.74, 6) is 0.383. The van der Waals surface area contributed by atoms with Crippen LogP contribution in [0.3, 0.4) is 0 Å². The molecule has 0 unspecified atom stereocenters. The van der Waals surface area contributed by atoms with Gasteiger partial charge < -0.3 is 14.4 Å². The van der Waals surface area contributed by atoms with Crippen molar-refractivity contribution >= 4 is 34.8 Å². The summed E-state index contributed by atoms with van der Waals surface area (Å²) in [6, 6.07) is 16.7. The summed E-state index contributed by atoms with van der Waals surface area (Å²) in [5, 5.41) is 10.7. The van der Waals surface area contributed by atoms with Gasteiger partial charge in [0.15, 0.2) is 5.75 Å². The van der Waals surface area contributed by atoms with Crippen LogP contribution in [-0.4, -0.2) is 9.67 Å². The van der Waals surface area contributed by atoms with Crippen molar-refractivity contribution in [2.45, 2.75) is 13.2 Å². The van der Waals surface area contributed by atoms with E-state index in [1.54, 1.807) is 12.1 Å². The van der Waals surface area contributed by atoms with Crippen LogP contribution < -0.4 is 4.74 Å². The van der Waals surface area contributed by atoms with Crippen LogP contribution in [0.4, 0.5) is 0 Å². The number of para-hydroxylation sites is 1. The highest BCUT2D eigenvalue weighted by Gasteiger charge is 2.13. The molecule has 0 radical (unpaired) electrons. The lowest BCUT2D eigenvalue weighted by Crippen LogP contribution is -2.07. The minimum absolute atomic E-state index is 0.0721. The molecule has 0 fully saturated rings. The molecular formula is C18H14Cl3NO2. The lowest BCUT2D eigenvalue weighted by molar-refractivity contribution is 0.270. The largest absolute Gasteiger partial charge is 0.484 e. The van der Waals surface area contributed by atoms with Crippen molar-refractivity contribution in [3.63, 3.8) is 0 Å². The van der Waals surface area contributed by atoms with Crippen molar-refractivity contribution in [3.05, 3.63) is 81.1 Å². The van der Waals surface area contributed by atoms with E-state index in [0.29, 0.717) is 20.8 Å². The van der Waals surface area contributed by atoms with Gasteiger partial charge in [-0.05, 0) is 36.4 Å². The van der Waals surface area contributed by atoms with E-state index in [1.165, 1.54) is 0 Å². The van der Waals surface area contributed by atoms with Gasteiger partial charge in [-0.1, -0.05) is 53.0 Å². The van der Waals surface area contributed by atoms with Crippen molar-refractivity contribution in [1.29, 1.82) is 0 Å². The molecular weight excluding hydrogens is 369 g/mol. The molecule has 1 heterocycles. The second kappa shape index (κ2) is 7.49. The summed E-state index contributed by atoms with van der Waals surface area (Å²) in [5.41, 5.74) is 2.58. The van der Waals surface area contributed by atoms with Crippen LogP contribution in [0.25, 0.3) is 5.69 Å². The van der Waals surface area contributed by atoms with Gasteiger partial charge in [0.05, 0.1) is 22.3 Å². The average molecular weight is 383 g/mol. The summed E-state index contributed by atoms with van der Waals surface area (Å²) in [6.45, 7) is 0.174. The Kier molecular flexibility index (Phi) is 5.36. The first-order valence-electron chi connectivity index (χ1n) is 7.23. The molecule has 0 aliphatic rings. The molecule has 3 nitrogen and oxygen atoms in total. The molecule has 0 bridgehead atoms. The summed E-state index contributed by atoms with van der Waals surface area (Å²) in [6.07, 6.45) is 0. The zero-order valence-electron chi connectivity index (χ0n) is 12.5. The van der Waals surface area contributed by atoms with Crippen molar-refractivity contribution in [2.24, 2.45) is 0 Å². The summed E-state index contributed by atoms with van der Waals surface area (Å²) in [7, 11) is 0. The molecule has 1 aromatic heterocycles. The predicted octanol–water partition coefficient (Wildman–Crippen LogP) is 5.51. The van der Waals surface area contributed by atoms with Crippen molar-refractivity contribution in [2.75, 3.05) is 0 Å². The van der Waals surface area contributed by atoms with Crippen LogP contribution in [-0.2, 0) is 13.2 Å². The molecule has 6 heteroatoms. The smallest absolute Gasteiger partial charge is 0.157 e. The van der Waals surface area contributed by atoms with E-state index in [2.05, 4.69) is 0 Å². The van der Waals surface area contributed by atoms with Crippen LogP contribution >= 0.6 is 34.8 Å². The third kappa shape index (κ3) is 3.55. The van der Waals surface area contributed by atoms with Gasteiger partial charge in [-0.25, -0.2) is 0 Å². The topological polar surface area (TPSA) is 34.4 Å². The van der Waals surface area contributed by atoms with Crippen LogP contribution in [0.2, 0.25) is 15.1 Å². The zero-order valence-corrected chi connectivity index (χ0v) is 14.8. The molecule has 1 N–H and O–H groups in total. The monoisotopic (exact) mass is 381 g/mol. The summed E-state index contributed by atoms with van der Waals surface area (Å²) >= 11 is 18.2. The Morgan fingerprint density at radius 1 is 0.875 bits per heavy atom. The molecule has 0 atom stereocenters. The van der Waals surface area contributed by atoms with Crippen molar-refractivity contribution in [1.82, 2.24) is 4.57 Å². The molecule has 0 aliphatic carbocycles. The third-order valence-corrected chi connectivity index (χ3v) is 4.33. The third-order valence-electron chi connectivity index (χ3n) is 3.55. The van der Waals surface area contributed by atoms with Gasteiger partial charge in [0.2, 0.25) is 0 Å². The van der Waals surface area contributed by atoms with E-state index in [-0.39, 0.29) is 13.2 Å². The number of aliphatic hydroxyl groups is 1. The molecule has 24 heavy (non-hydrogen) atoms. The first kappa shape index (κ1) is 17.2. The van der Waals surface area contributed by atoms with Gasteiger partial charge in [-0.15, -0.1) is 0 Å². The number of ether oxygens (including phenoxy) is 1. The van der Waals surface area contributed by atoms with E-state index in [0.717, 1.165) is 17.1 Å². The number of aromatic nitrogens is 1. The fourth-order valence-electron chi connectivity index (χ4n) is 2.48. The van der Waals surface area contributed by atoms with E-state index < -0.39 is 0 Å². The zero-order chi connectivity index (χ0) is 17.1. The number of aliphatic hydroxyl groups excluding tert-OH is 1. The average Bonchev–Trinajstić information content (AvgIpc) is 2.97. The fourth-order valence-corrected chi connectivity index (χ4v) is 3.41. The number of hydrogen-bond acceptors (Lipinski definition) is 2. The first-order valence-corrected chi connectivity index (χ1v) is 8.36. The highest BCUT2D eigenvalue weighted by atomic mass is 35.5. The second-order valence-electron chi connectivity index (χ2n) is 5.13. The predicted molar refractivity (Wildman–Crippen MR) is 97.5 cm³/mol. The molecule has 124 valence electrons. The molecule has 0 spiro atoms. The normalized spacial score (nSPS) is 10.8. The highest BCUT2D eigenvalue weighted by molar-refractivity contribution is 6.40. The maximum absolute atomic E-state index is 9.58. The maximum atomic E-state index is 9.58. The van der Waals surface area contributed by atoms with Gasteiger partial charge in [0, 0.05) is 16.4 Å². The standard InChI is InChI=1S/C18H14Cl3NO2/c19-12-8-16(20)18(17(21)9-12)24-11-15-7-6-14(10-23)22(15)13-4-2-1-3-5-13/h1-9,23H,10-11H2. The van der Waals surface area contributed by atoms with Crippen molar-refractivity contribution < 1.29 is 9.84 Å². The van der Waals surface area contributed by atoms with Crippen LogP contribution in [0.5, 0.6) is 5.75 Å². The Morgan fingerprint density at radius 3 is 2.12 bits per heavy atom. The van der Waals surface area contributed by atoms with E-state index in [4.69, 9.17) is 39.5 Å². The Morgan fingerprint density at radius 2 is 1.50 bits per heavy atom. The number of rotatable bonds is 5. The Balaban J connectivity index is 1.91. The Hall–Kier alpha value is -1.65. The van der Waals surface area contributed by atoms with Crippen LogP contribution in [0, 0.1) is 0 Å². The number of nitrogens with zero attached hydrogens (tertiary/aromatic N) is 1. The minimum Gasteiger partial charge on any atom is -0.484 e. The van der Waals surface area contributed by atoms with Gasteiger partial charge in [0.25, 0.3) is 0 Å². The van der Waals surface area contributed by atoms with Gasteiger partial charge in [0.1, 0.15) is 6.61 Å². The summed E-state index contributed by atoms with van der Waals surface area (Å²) in [4.78, 5) is 0. The van der Waals surface area contributed by atoms with Gasteiger partial charge in [-0.3, -0.25) is 0 Å². The molecule has 2 aromatic carbocycles. The molecule has 3 rings (SSSR count). The summed E-state index contributed by atoms with van der Waals surface area (Å²) < 4.78 is 7.75. The van der Waals surface area contributed by atoms with E-state index >= 15 is 0 Å². The van der Waals surface area contributed by atoms with Crippen LogP contribution in [0.15, 0.2) is 54.6 Å². The molecule has 0 amide bonds.